The number of hydrazine groups is 1. The fourth-order valence-corrected chi connectivity index (χ4v) is 1.65. The van der Waals surface area contributed by atoms with E-state index in [1.54, 1.807) is 14.1 Å². The number of nitrogens with one attached hydrogen (secondary N) is 1. The van der Waals surface area contributed by atoms with Crippen LogP contribution in [0, 0.1) is 10.1 Å². The summed E-state index contributed by atoms with van der Waals surface area (Å²) in [6.07, 6.45) is 0.661. The molecule has 0 fully saturated rings. The van der Waals surface area contributed by atoms with Crippen LogP contribution in [-0.4, -0.2) is 54.1 Å². The number of hydrogen-bond donors (Lipinski definition) is 2. The second-order valence-corrected chi connectivity index (χ2v) is 5.14. The van der Waals surface area contributed by atoms with Crippen molar-refractivity contribution in [2.45, 2.75) is 12.8 Å². The first-order valence-corrected chi connectivity index (χ1v) is 7.36. The normalized spacial score (nSPS) is 9.96. The predicted octanol–water partition coefficient (Wildman–Crippen LogP) is 0.604. The van der Waals surface area contributed by atoms with Gasteiger partial charge in [0.25, 0.3) is 5.69 Å². The Morgan fingerprint density at radius 3 is 2.38 bits per heavy atom. The number of benzene rings is 1. The summed E-state index contributed by atoms with van der Waals surface area (Å²) in [5.41, 5.74) is 6.06. The lowest BCUT2D eigenvalue weighted by Crippen LogP contribution is -2.52. The average molecular weight is 340 g/mol. The molecule has 1 aromatic rings. The van der Waals surface area contributed by atoms with Crippen LogP contribution in [0.1, 0.15) is 12.8 Å². The Labute approximate surface area is 139 Å². The van der Waals surface area contributed by atoms with E-state index >= 15 is 0 Å². The third-order valence-corrected chi connectivity index (χ3v) is 2.99. The molecule has 10 heteroatoms. The van der Waals surface area contributed by atoms with E-state index in [-0.39, 0.29) is 18.0 Å². The molecule has 10 nitrogen and oxygen atoms in total. The molecular formula is C14H22N5O5+. The smallest absolute Gasteiger partial charge is 0.409 e. The second kappa shape index (κ2) is 9.30. The third kappa shape index (κ3) is 6.08. The zero-order valence-corrected chi connectivity index (χ0v) is 13.7. The Balaban J connectivity index is 2.74. The maximum atomic E-state index is 12.2. The molecule has 1 aromatic carbocycles. The standard InChI is InChI=1S/C14H21N5O5/c1-17(2)13(20)16-18(10-4-3-9-15)14(21)24-12-7-5-11(6-8-12)19(22)23/h5-8H,3-4,9-10,15H2,1-2H3,(H,16,20)/p+1. The third-order valence-electron chi connectivity index (χ3n) is 2.99. The molecule has 0 spiro atoms. The van der Waals surface area contributed by atoms with Crippen molar-refractivity contribution >= 4 is 17.8 Å². The topological polar surface area (TPSA) is 133 Å². The molecule has 3 amide bonds. The molecule has 0 saturated heterocycles. The number of unbranched alkanes of at least 4 members (excludes halogenated alkanes) is 1. The van der Waals surface area contributed by atoms with Crippen LogP contribution in [0.4, 0.5) is 15.3 Å². The van der Waals surface area contributed by atoms with Crippen molar-refractivity contribution in [3.63, 3.8) is 0 Å². The Morgan fingerprint density at radius 1 is 1.25 bits per heavy atom. The molecule has 0 heterocycles. The number of urea groups is 1. The van der Waals surface area contributed by atoms with Crippen LogP contribution in [0.15, 0.2) is 24.3 Å². The van der Waals surface area contributed by atoms with Gasteiger partial charge in [-0.1, -0.05) is 0 Å². The molecule has 4 N–H and O–H groups in total. The minimum absolute atomic E-state index is 0.108. The number of amides is 3. The van der Waals surface area contributed by atoms with Crippen LogP contribution in [0.2, 0.25) is 0 Å². The average Bonchev–Trinajstić information content (AvgIpc) is 2.54. The molecule has 24 heavy (non-hydrogen) atoms. The Morgan fingerprint density at radius 2 is 1.88 bits per heavy atom. The van der Waals surface area contributed by atoms with E-state index in [1.165, 1.54) is 29.2 Å². The molecule has 0 aliphatic carbocycles. The largest absolute Gasteiger partial charge is 0.434 e. The van der Waals surface area contributed by atoms with Gasteiger partial charge in [0.2, 0.25) is 0 Å². The van der Waals surface area contributed by atoms with Gasteiger partial charge in [-0.05, 0) is 25.0 Å². The van der Waals surface area contributed by atoms with Crippen LogP contribution in [0.25, 0.3) is 0 Å². The number of quaternary nitrogens is 1. The van der Waals surface area contributed by atoms with E-state index in [4.69, 9.17) is 4.74 Å². The van der Waals surface area contributed by atoms with E-state index in [1.807, 2.05) is 0 Å². The summed E-state index contributed by atoms with van der Waals surface area (Å²) in [7, 11) is 3.09. The molecule has 0 atom stereocenters. The van der Waals surface area contributed by atoms with E-state index in [2.05, 4.69) is 11.2 Å². The van der Waals surface area contributed by atoms with E-state index < -0.39 is 17.0 Å². The van der Waals surface area contributed by atoms with E-state index in [9.17, 15) is 19.7 Å². The monoisotopic (exact) mass is 340 g/mol. The van der Waals surface area contributed by atoms with Gasteiger partial charge < -0.3 is 15.4 Å². The lowest BCUT2D eigenvalue weighted by Gasteiger charge is -2.24. The number of non-ortho nitro benzene ring substituents is 1. The molecule has 0 aliphatic heterocycles. The molecule has 132 valence electrons. The number of nitrogens with zero attached hydrogens (tertiary/aromatic N) is 3. The summed E-state index contributed by atoms with van der Waals surface area (Å²) in [6.45, 7) is 0.980. The highest BCUT2D eigenvalue weighted by atomic mass is 16.6. The summed E-state index contributed by atoms with van der Waals surface area (Å²) in [6, 6.07) is 4.63. The maximum Gasteiger partial charge on any atom is 0.434 e. The van der Waals surface area contributed by atoms with Crippen LogP contribution >= 0.6 is 0 Å². The van der Waals surface area contributed by atoms with Crippen molar-refractivity contribution in [1.29, 1.82) is 0 Å². The minimum Gasteiger partial charge on any atom is -0.409 e. The van der Waals surface area contributed by atoms with Gasteiger partial charge in [-0.25, -0.2) is 20.0 Å². The molecule has 0 radical (unpaired) electrons. The van der Waals surface area contributed by atoms with Gasteiger partial charge in [-0.2, -0.15) is 0 Å². The Kier molecular flexibility index (Phi) is 7.43. The number of ether oxygens (including phenoxy) is 1. The number of nitro groups is 1. The van der Waals surface area contributed by atoms with Gasteiger partial charge in [0.15, 0.2) is 0 Å². The zero-order chi connectivity index (χ0) is 18.1. The lowest BCUT2D eigenvalue weighted by atomic mass is 10.3. The number of carbonyl (C=O) groups is 2. The van der Waals surface area contributed by atoms with Gasteiger partial charge in [-0.15, -0.1) is 0 Å². The molecule has 0 aromatic heterocycles. The van der Waals surface area contributed by atoms with Gasteiger partial charge in [0.1, 0.15) is 5.75 Å². The summed E-state index contributed by atoms with van der Waals surface area (Å²) in [4.78, 5) is 35.3. The Hall–Kier alpha value is -2.88. The summed E-state index contributed by atoms with van der Waals surface area (Å²) < 4.78 is 5.14. The molecular weight excluding hydrogens is 318 g/mol. The number of rotatable bonds is 6. The van der Waals surface area contributed by atoms with Crippen molar-refractivity contribution < 1.29 is 25.0 Å². The second-order valence-electron chi connectivity index (χ2n) is 5.14. The molecule has 0 aliphatic rings. The predicted molar refractivity (Wildman–Crippen MR) is 85.0 cm³/mol. The van der Waals surface area contributed by atoms with Crippen LogP contribution < -0.4 is 15.9 Å². The fraction of sp³-hybridized carbons (Fsp3) is 0.429. The van der Waals surface area contributed by atoms with Crippen molar-refractivity contribution in [1.82, 2.24) is 15.3 Å². The highest BCUT2D eigenvalue weighted by molar-refractivity contribution is 5.78. The number of carbonyl (C=O) groups excluding carboxylic acids is 2. The fourth-order valence-electron chi connectivity index (χ4n) is 1.65. The summed E-state index contributed by atoms with van der Waals surface area (Å²) in [5, 5.41) is 11.7. The first-order valence-electron chi connectivity index (χ1n) is 7.36. The molecule has 0 saturated carbocycles. The molecule has 1 rings (SSSR count). The van der Waals surface area contributed by atoms with Crippen molar-refractivity contribution in [2.24, 2.45) is 0 Å². The first-order chi connectivity index (χ1) is 11.3. The SMILES string of the molecule is CN(C)C(=O)NN(CCCC[NH3+])C(=O)Oc1ccc([N+](=O)[O-])cc1. The van der Waals surface area contributed by atoms with Gasteiger partial charge in [0, 0.05) is 32.8 Å². The number of hydrogen-bond acceptors (Lipinski definition) is 5. The molecule has 0 bridgehead atoms. The van der Waals surface area contributed by atoms with Gasteiger partial charge in [-0.3, -0.25) is 10.1 Å². The lowest BCUT2D eigenvalue weighted by molar-refractivity contribution is -0.384. The Bertz CT molecular complexity index is 575. The van der Waals surface area contributed by atoms with Crippen molar-refractivity contribution in [3.05, 3.63) is 34.4 Å². The maximum absolute atomic E-state index is 12.2. The zero-order valence-electron chi connectivity index (χ0n) is 13.7. The van der Waals surface area contributed by atoms with Gasteiger partial charge in [0.05, 0.1) is 11.5 Å². The minimum atomic E-state index is -0.775. The molecule has 0 unspecified atom stereocenters. The van der Waals surface area contributed by atoms with Crippen LogP contribution in [0.3, 0.4) is 0 Å². The first kappa shape index (κ1) is 19.2. The van der Waals surface area contributed by atoms with Crippen LogP contribution in [0.5, 0.6) is 5.75 Å². The van der Waals surface area contributed by atoms with E-state index in [0.717, 1.165) is 11.4 Å². The van der Waals surface area contributed by atoms with Crippen LogP contribution in [-0.2, 0) is 0 Å². The number of nitro benzene ring substituents is 1. The highest BCUT2D eigenvalue weighted by Gasteiger charge is 2.19. The quantitative estimate of drug-likeness (QED) is 0.444. The highest BCUT2D eigenvalue weighted by Crippen LogP contribution is 2.17. The van der Waals surface area contributed by atoms with E-state index in [0.29, 0.717) is 13.0 Å². The summed E-state index contributed by atoms with van der Waals surface area (Å²) >= 11 is 0. The van der Waals surface area contributed by atoms with Crippen molar-refractivity contribution in [2.75, 3.05) is 27.2 Å². The van der Waals surface area contributed by atoms with Gasteiger partial charge >= 0.3 is 12.1 Å². The summed E-state index contributed by atoms with van der Waals surface area (Å²) in [5.74, 6) is 0.145. The van der Waals surface area contributed by atoms with Crippen molar-refractivity contribution in [3.8, 4) is 5.75 Å².